The van der Waals surface area contributed by atoms with Crippen molar-refractivity contribution < 1.29 is 4.43 Å². The molecule has 1 aliphatic heterocycles. The Morgan fingerprint density at radius 2 is 0.898 bits per heavy atom. The van der Waals surface area contributed by atoms with E-state index < -0.39 is 16.4 Å². The van der Waals surface area contributed by atoms with Crippen LogP contribution in [0.15, 0.2) is 160 Å². The van der Waals surface area contributed by atoms with Crippen LogP contribution in [-0.4, -0.2) is 23.0 Å². The van der Waals surface area contributed by atoms with Gasteiger partial charge in [-0.15, -0.1) is 0 Å². The van der Waals surface area contributed by atoms with Crippen LogP contribution in [0.4, 0.5) is 0 Å². The van der Waals surface area contributed by atoms with Crippen LogP contribution in [0.25, 0.3) is 11.1 Å². The van der Waals surface area contributed by atoms with Crippen LogP contribution >= 0.6 is 31.9 Å². The van der Waals surface area contributed by atoms with Gasteiger partial charge in [0.05, 0.1) is 0 Å². The second-order valence-electron chi connectivity index (χ2n) is 14.1. The van der Waals surface area contributed by atoms with Crippen LogP contribution in [0.5, 0.6) is 0 Å². The number of hydrogen-bond donors (Lipinski definition) is 0. The van der Waals surface area contributed by atoms with Crippen LogP contribution < -0.4 is 15.6 Å². The molecule has 250 valence electrons. The molecule has 0 fully saturated rings. The molecule has 5 aromatic carbocycles. The summed E-state index contributed by atoms with van der Waals surface area (Å²) in [4.78, 5) is 0. The van der Waals surface area contributed by atoms with Gasteiger partial charge in [-0.25, -0.2) is 0 Å². The maximum atomic E-state index is 7.21. The van der Waals surface area contributed by atoms with Gasteiger partial charge in [-0.2, -0.15) is 0 Å². The molecular weight excluding hydrogens is 760 g/mol. The van der Waals surface area contributed by atoms with Crippen molar-refractivity contribution in [2.24, 2.45) is 0 Å². The zero-order chi connectivity index (χ0) is 34.3. The second kappa shape index (κ2) is 15.9. The Bertz CT molecular complexity index is 1770. The third kappa shape index (κ3) is 7.11. The number of unbranched alkanes of at least 4 members (excludes halogenated alkanes) is 3. The van der Waals surface area contributed by atoms with Gasteiger partial charge in [0, 0.05) is 14.8 Å². The van der Waals surface area contributed by atoms with Crippen LogP contribution in [-0.2, 0) is 4.43 Å². The third-order valence-electron chi connectivity index (χ3n) is 10.0. The summed E-state index contributed by atoms with van der Waals surface area (Å²) >= 11 is 8.63. The lowest BCUT2D eigenvalue weighted by Crippen LogP contribution is -2.66. The summed E-state index contributed by atoms with van der Waals surface area (Å²) in [5, 5.41) is 4.14. The molecule has 0 bridgehead atoms. The van der Waals surface area contributed by atoms with Gasteiger partial charge >= 0.3 is 0 Å². The molecule has 5 heteroatoms. The molecule has 0 saturated heterocycles. The molecule has 5 aromatic rings. The monoisotopic (exact) mass is 804 g/mol. The van der Waals surface area contributed by atoms with Crippen LogP contribution in [0, 0.1) is 0 Å². The van der Waals surface area contributed by atoms with E-state index in [4.69, 9.17) is 4.43 Å². The fourth-order valence-electron chi connectivity index (χ4n) is 7.67. The lowest BCUT2D eigenvalue weighted by Gasteiger charge is -2.43. The SMILES string of the molecule is CC(C)(C)[Si](OCCCCCC[Si]1(c2ccccc2)C(Br)=C(c2ccccc2)C(c2ccccc2)=C1Br)(c1ccccc1)c1ccccc1. The number of hydrogen-bond acceptors (Lipinski definition) is 1. The Labute approximate surface area is 312 Å². The largest absolute Gasteiger partial charge is 0.407 e. The van der Waals surface area contributed by atoms with E-state index in [-0.39, 0.29) is 5.04 Å². The first-order valence-electron chi connectivity index (χ1n) is 17.5. The van der Waals surface area contributed by atoms with Gasteiger partial charge in [0.1, 0.15) is 0 Å². The molecule has 0 amide bonds. The quantitative estimate of drug-likeness (QED) is 0.0851. The standard InChI is InChI=1S/C44H46Br2OSi2/c1-44(2,3)49(38-29-17-9-18-30-38,39-31-19-10-20-32-39)47-33-21-4-5-22-34-48(37-27-15-8-16-28-37)42(45)40(35-23-11-6-12-24-35)41(43(48)46)36-25-13-7-14-26-36/h6-20,23-32H,4-5,21-22,33-34H2,1-3H3. The Morgan fingerprint density at radius 1 is 0.510 bits per heavy atom. The van der Waals surface area contributed by atoms with E-state index in [2.05, 4.69) is 204 Å². The molecule has 0 saturated carbocycles. The fourth-order valence-corrected chi connectivity index (χ4v) is 22.0. The van der Waals surface area contributed by atoms with Crippen molar-refractivity contribution >= 4 is 75.0 Å². The van der Waals surface area contributed by atoms with E-state index in [1.807, 2.05) is 0 Å². The lowest BCUT2D eigenvalue weighted by atomic mass is 9.95. The van der Waals surface area contributed by atoms with Gasteiger partial charge in [-0.3, -0.25) is 0 Å². The highest BCUT2D eigenvalue weighted by atomic mass is 79.9. The van der Waals surface area contributed by atoms with Gasteiger partial charge < -0.3 is 4.43 Å². The first-order chi connectivity index (χ1) is 23.8. The van der Waals surface area contributed by atoms with E-state index in [0.29, 0.717) is 0 Å². The highest BCUT2D eigenvalue weighted by Gasteiger charge is 2.50. The summed E-state index contributed by atoms with van der Waals surface area (Å²) in [5.41, 5.74) is 5.17. The molecule has 0 radical (unpaired) electrons. The maximum Gasteiger partial charge on any atom is 0.261 e. The number of benzene rings is 5. The fraction of sp³-hybridized carbons (Fsp3) is 0.227. The minimum absolute atomic E-state index is 0.00398. The highest BCUT2D eigenvalue weighted by Crippen LogP contribution is 2.54. The van der Waals surface area contributed by atoms with Gasteiger partial charge in [0.25, 0.3) is 8.32 Å². The predicted molar refractivity (Wildman–Crippen MR) is 223 cm³/mol. The van der Waals surface area contributed by atoms with Crippen molar-refractivity contribution in [2.75, 3.05) is 6.61 Å². The van der Waals surface area contributed by atoms with E-state index in [9.17, 15) is 0 Å². The predicted octanol–water partition coefficient (Wildman–Crippen LogP) is 11.2. The Kier molecular flexibility index (Phi) is 11.6. The van der Waals surface area contributed by atoms with Gasteiger partial charge in [-0.05, 0) is 55.3 Å². The van der Waals surface area contributed by atoms with E-state index in [0.717, 1.165) is 31.9 Å². The summed E-state index contributed by atoms with van der Waals surface area (Å²) < 4.78 is 9.96. The molecule has 0 unspecified atom stereocenters. The summed E-state index contributed by atoms with van der Waals surface area (Å²) in [6, 6.07) is 56.2. The second-order valence-corrected chi connectivity index (χ2v) is 25.3. The topological polar surface area (TPSA) is 9.23 Å². The summed E-state index contributed by atoms with van der Waals surface area (Å²) in [6.07, 6.45) is 4.54. The first-order valence-corrected chi connectivity index (χ1v) is 23.2. The van der Waals surface area contributed by atoms with E-state index >= 15 is 0 Å². The molecule has 1 heterocycles. The van der Waals surface area contributed by atoms with Crippen molar-refractivity contribution in [2.45, 2.75) is 57.5 Å². The van der Waals surface area contributed by atoms with Crippen LogP contribution in [0.1, 0.15) is 57.6 Å². The van der Waals surface area contributed by atoms with Crippen molar-refractivity contribution in [1.29, 1.82) is 0 Å². The molecule has 0 aromatic heterocycles. The van der Waals surface area contributed by atoms with E-state index in [1.54, 1.807) is 0 Å². The zero-order valence-electron chi connectivity index (χ0n) is 28.8. The van der Waals surface area contributed by atoms with Crippen molar-refractivity contribution in [3.8, 4) is 0 Å². The van der Waals surface area contributed by atoms with Gasteiger partial charge in [0.15, 0.2) is 8.07 Å². The third-order valence-corrected chi connectivity index (χ3v) is 24.3. The van der Waals surface area contributed by atoms with Gasteiger partial charge in [0.2, 0.25) is 0 Å². The normalized spacial score (nSPS) is 14.8. The Balaban J connectivity index is 1.24. The molecule has 0 aliphatic carbocycles. The molecule has 0 N–H and O–H groups in total. The summed E-state index contributed by atoms with van der Waals surface area (Å²) in [6.45, 7) is 7.86. The highest BCUT2D eigenvalue weighted by molar-refractivity contribution is 9.14. The van der Waals surface area contributed by atoms with Crippen molar-refractivity contribution in [3.63, 3.8) is 0 Å². The molecule has 1 nitrogen and oxygen atoms in total. The molecule has 0 atom stereocenters. The minimum atomic E-state index is -2.51. The Hall–Kier alpha value is -3.07. The molecular formula is C44H46Br2OSi2. The average molecular weight is 807 g/mol. The summed E-state index contributed by atoms with van der Waals surface area (Å²) in [5.74, 6) is 0. The Morgan fingerprint density at radius 3 is 1.33 bits per heavy atom. The van der Waals surface area contributed by atoms with E-state index in [1.165, 1.54) is 52.5 Å². The minimum Gasteiger partial charge on any atom is -0.407 e. The smallest absolute Gasteiger partial charge is 0.261 e. The van der Waals surface area contributed by atoms with Crippen LogP contribution in [0.3, 0.4) is 0 Å². The van der Waals surface area contributed by atoms with Crippen molar-refractivity contribution in [1.82, 2.24) is 0 Å². The number of allylic oxidation sites excluding steroid dienone is 2. The number of rotatable bonds is 13. The first kappa shape index (κ1) is 35.7. The molecule has 6 rings (SSSR count). The molecule has 0 spiro atoms. The summed E-state index contributed by atoms with van der Waals surface area (Å²) in [7, 11) is -4.86. The molecule has 1 aliphatic rings. The molecule has 49 heavy (non-hydrogen) atoms. The van der Waals surface area contributed by atoms with Gasteiger partial charge in [-0.1, -0.05) is 224 Å². The van der Waals surface area contributed by atoms with Crippen LogP contribution in [0.2, 0.25) is 11.1 Å². The average Bonchev–Trinajstić information content (AvgIpc) is 3.36. The number of halogens is 2. The lowest BCUT2D eigenvalue weighted by molar-refractivity contribution is 0.287. The zero-order valence-corrected chi connectivity index (χ0v) is 34.0. The maximum absolute atomic E-state index is 7.21. The van der Waals surface area contributed by atoms with Crippen molar-refractivity contribution in [3.05, 3.63) is 171 Å².